The molecule has 0 aliphatic rings. The molecule has 5 heteroatoms. The SMILES string of the molecule is Cc1ccccc1NC(=O)COC(=O)C=Cc1ccc2ccccc2n1. The molecular formula is C21H18N2O3. The van der Waals surface area contributed by atoms with E-state index in [0.717, 1.165) is 16.5 Å². The third-order valence-electron chi connectivity index (χ3n) is 3.77. The van der Waals surface area contributed by atoms with Crippen LogP contribution in [0.2, 0.25) is 0 Å². The van der Waals surface area contributed by atoms with Crippen molar-refractivity contribution in [2.75, 3.05) is 11.9 Å². The molecule has 5 nitrogen and oxygen atoms in total. The molecule has 3 rings (SSSR count). The first-order valence-electron chi connectivity index (χ1n) is 8.18. The van der Waals surface area contributed by atoms with Crippen molar-refractivity contribution in [2.24, 2.45) is 0 Å². The van der Waals surface area contributed by atoms with E-state index in [1.54, 1.807) is 12.1 Å². The Morgan fingerprint density at radius 2 is 1.81 bits per heavy atom. The van der Waals surface area contributed by atoms with Crippen molar-refractivity contribution in [3.8, 4) is 0 Å². The van der Waals surface area contributed by atoms with Gasteiger partial charge in [0.2, 0.25) is 0 Å². The van der Waals surface area contributed by atoms with Gasteiger partial charge in [-0.15, -0.1) is 0 Å². The Bertz CT molecular complexity index is 980. The van der Waals surface area contributed by atoms with Crippen LogP contribution in [0.1, 0.15) is 11.3 Å². The number of benzene rings is 2. The molecule has 1 aromatic heterocycles. The topological polar surface area (TPSA) is 68.3 Å². The van der Waals surface area contributed by atoms with Gasteiger partial charge < -0.3 is 10.1 Å². The number of amides is 1. The van der Waals surface area contributed by atoms with Gasteiger partial charge in [-0.3, -0.25) is 4.79 Å². The lowest BCUT2D eigenvalue weighted by molar-refractivity contribution is -0.142. The van der Waals surface area contributed by atoms with Crippen LogP contribution in [0, 0.1) is 6.92 Å². The van der Waals surface area contributed by atoms with Crippen LogP contribution < -0.4 is 5.32 Å². The molecule has 0 aliphatic carbocycles. The maximum atomic E-state index is 11.9. The molecule has 0 radical (unpaired) electrons. The van der Waals surface area contributed by atoms with Crippen LogP contribution in [-0.4, -0.2) is 23.5 Å². The Labute approximate surface area is 151 Å². The number of hydrogen-bond donors (Lipinski definition) is 1. The zero-order valence-electron chi connectivity index (χ0n) is 14.3. The highest BCUT2D eigenvalue weighted by Crippen LogP contribution is 2.13. The maximum absolute atomic E-state index is 11.9. The molecule has 0 atom stereocenters. The minimum atomic E-state index is -0.597. The van der Waals surface area contributed by atoms with Gasteiger partial charge in [0.1, 0.15) is 0 Å². The second kappa shape index (κ2) is 8.07. The van der Waals surface area contributed by atoms with Gasteiger partial charge >= 0.3 is 5.97 Å². The summed E-state index contributed by atoms with van der Waals surface area (Å²) in [4.78, 5) is 28.1. The molecule has 0 saturated heterocycles. The molecule has 1 amide bonds. The van der Waals surface area contributed by atoms with Crippen LogP contribution in [0.15, 0.2) is 66.7 Å². The zero-order chi connectivity index (χ0) is 18.4. The zero-order valence-corrected chi connectivity index (χ0v) is 14.3. The Morgan fingerprint density at radius 1 is 1.04 bits per heavy atom. The van der Waals surface area contributed by atoms with Crippen LogP contribution in [0.3, 0.4) is 0 Å². The number of aromatic nitrogens is 1. The van der Waals surface area contributed by atoms with Gasteiger partial charge in [0.15, 0.2) is 6.61 Å². The average Bonchev–Trinajstić information content (AvgIpc) is 2.66. The normalized spacial score (nSPS) is 10.8. The highest BCUT2D eigenvalue weighted by Gasteiger charge is 2.07. The standard InChI is InChI=1S/C21H18N2O3/c1-15-6-2-4-8-18(15)23-20(24)14-26-21(25)13-12-17-11-10-16-7-3-5-9-19(16)22-17/h2-13H,14H2,1H3,(H,23,24). The van der Waals surface area contributed by atoms with Crippen LogP contribution in [0.4, 0.5) is 5.69 Å². The van der Waals surface area contributed by atoms with Gasteiger partial charge in [-0.2, -0.15) is 0 Å². The van der Waals surface area contributed by atoms with Crippen LogP contribution in [0.25, 0.3) is 17.0 Å². The number of pyridine rings is 1. The highest BCUT2D eigenvalue weighted by molar-refractivity contribution is 5.95. The van der Waals surface area contributed by atoms with Gasteiger partial charge in [0, 0.05) is 17.1 Å². The summed E-state index contributed by atoms with van der Waals surface area (Å²) in [6.45, 7) is 1.55. The third kappa shape index (κ3) is 4.54. The number of anilines is 1. The number of ether oxygens (including phenoxy) is 1. The molecule has 1 heterocycles. The number of esters is 1. The summed E-state index contributed by atoms with van der Waals surface area (Å²) in [7, 11) is 0. The van der Waals surface area contributed by atoms with Crippen molar-refractivity contribution in [3.05, 3.63) is 78.0 Å². The summed E-state index contributed by atoms with van der Waals surface area (Å²) >= 11 is 0. The van der Waals surface area contributed by atoms with E-state index in [0.29, 0.717) is 11.4 Å². The lowest BCUT2D eigenvalue weighted by Gasteiger charge is -2.07. The fraction of sp³-hybridized carbons (Fsp3) is 0.0952. The predicted octanol–water partition coefficient (Wildman–Crippen LogP) is 3.74. The van der Waals surface area contributed by atoms with Crippen molar-refractivity contribution in [2.45, 2.75) is 6.92 Å². The molecule has 1 N–H and O–H groups in total. The minimum Gasteiger partial charge on any atom is -0.452 e. The smallest absolute Gasteiger partial charge is 0.331 e. The lowest BCUT2D eigenvalue weighted by atomic mass is 10.2. The van der Waals surface area contributed by atoms with Crippen molar-refractivity contribution < 1.29 is 14.3 Å². The second-order valence-corrected chi connectivity index (χ2v) is 5.73. The Hall–Kier alpha value is -3.47. The first-order valence-corrected chi connectivity index (χ1v) is 8.18. The molecule has 2 aromatic carbocycles. The van der Waals surface area contributed by atoms with Crippen molar-refractivity contribution >= 4 is 34.5 Å². The summed E-state index contributed by atoms with van der Waals surface area (Å²) in [5, 5.41) is 3.73. The fourth-order valence-corrected chi connectivity index (χ4v) is 2.41. The molecule has 26 heavy (non-hydrogen) atoms. The first-order chi connectivity index (χ1) is 12.6. The molecule has 0 unspecified atom stereocenters. The van der Waals surface area contributed by atoms with Gasteiger partial charge in [-0.05, 0) is 36.8 Å². The van der Waals surface area contributed by atoms with E-state index >= 15 is 0 Å². The number of rotatable bonds is 5. The Kier molecular flexibility index (Phi) is 5.39. The van der Waals surface area contributed by atoms with Gasteiger partial charge in [-0.25, -0.2) is 9.78 Å². The second-order valence-electron chi connectivity index (χ2n) is 5.73. The number of nitrogens with one attached hydrogen (secondary N) is 1. The lowest BCUT2D eigenvalue weighted by Crippen LogP contribution is -2.20. The number of para-hydroxylation sites is 2. The van der Waals surface area contributed by atoms with E-state index in [4.69, 9.17) is 4.74 Å². The van der Waals surface area contributed by atoms with Crippen molar-refractivity contribution in [1.29, 1.82) is 0 Å². The molecular weight excluding hydrogens is 328 g/mol. The Balaban J connectivity index is 1.53. The van der Waals surface area contributed by atoms with E-state index < -0.39 is 5.97 Å². The van der Waals surface area contributed by atoms with Gasteiger partial charge in [-0.1, -0.05) is 42.5 Å². The molecule has 130 valence electrons. The summed E-state index contributed by atoms with van der Waals surface area (Å²) < 4.78 is 4.96. The number of carbonyl (C=O) groups is 2. The number of fused-ring (bicyclic) bond motifs is 1. The predicted molar refractivity (Wildman–Crippen MR) is 102 cm³/mol. The van der Waals surface area contributed by atoms with Gasteiger partial charge in [0.05, 0.1) is 11.2 Å². The molecule has 0 saturated carbocycles. The molecule has 0 fully saturated rings. The van der Waals surface area contributed by atoms with Crippen LogP contribution in [0.5, 0.6) is 0 Å². The summed E-state index contributed by atoms with van der Waals surface area (Å²) in [6.07, 6.45) is 2.83. The third-order valence-corrected chi connectivity index (χ3v) is 3.77. The van der Waals surface area contributed by atoms with Crippen LogP contribution in [-0.2, 0) is 14.3 Å². The number of carbonyl (C=O) groups excluding carboxylic acids is 2. The number of aryl methyl sites for hydroxylation is 1. The van der Waals surface area contributed by atoms with Crippen LogP contribution >= 0.6 is 0 Å². The summed E-state index contributed by atoms with van der Waals surface area (Å²) in [5.74, 6) is -0.982. The monoisotopic (exact) mass is 346 g/mol. The van der Waals surface area contributed by atoms with Crippen molar-refractivity contribution in [3.63, 3.8) is 0 Å². The quantitative estimate of drug-likeness (QED) is 0.564. The largest absolute Gasteiger partial charge is 0.452 e. The number of nitrogens with zero attached hydrogens (tertiary/aromatic N) is 1. The summed E-state index contributed by atoms with van der Waals surface area (Å²) in [6, 6.07) is 18.9. The van der Waals surface area contributed by atoms with E-state index in [2.05, 4.69) is 10.3 Å². The molecule has 3 aromatic rings. The average molecular weight is 346 g/mol. The maximum Gasteiger partial charge on any atom is 0.331 e. The molecule has 0 spiro atoms. The Morgan fingerprint density at radius 3 is 2.65 bits per heavy atom. The molecule has 0 aliphatic heterocycles. The van der Waals surface area contributed by atoms with E-state index in [1.165, 1.54) is 6.08 Å². The van der Waals surface area contributed by atoms with Gasteiger partial charge in [0.25, 0.3) is 5.91 Å². The first kappa shape index (κ1) is 17.4. The van der Waals surface area contributed by atoms with Crippen molar-refractivity contribution in [1.82, 2.24) is 4.98 Å². The summed E-state index contributed by atoms with van der Waals surface area (Å²) in [5.41, 5.74) is 3.13. The highest BCUT2D eigenvalue weighted by atomic mass is 16.5. The minimum absolute atomic E-state index is 0.345. The van der Waals surface area contributed by atoms with E-state index in [-0.39, 0.29) is 12.5 Å². The fourth-order valence-electron chi connectivity index (χ4n) is 2.41. The van der Waals surface area contributed by atoms with E-state index in [9.17, 15) is 9.59 Å². The number of hydrogen-bond acceptors (Lipinski definition) is 4. The molecule has 0 bridgehead atoms. The van der Waals surface area contributed by atoms with E-state index in [1.807, 2.05) is 61.5 Å².